The Balaban J connectivity index is 1.84. The number of hydrogen-bond acceptors (Lipinski definition) is 4. The molecule has 1 aromatic rings. The second-order valence-corrected chi connectivity index (χ2v) is 6.03. The van der Waals surface area contributed by atoms with E-state index in [0.29, 0.717) is 22.9 Å². The van der Waals surface area contributed by atoms with Crippen LogP contribution < -0.4 is 4.90 Å². The van der Waals surface area contributed by atoms with Gasteiger partial charge in [-0.1, -0.05) is 11.6 Å². The van der Waals surface area contributed by atoms with Crippen LogP contribution in [0.2, 0.25) is 5.02 Å². The second-order valence-electron chi connectivity index (χ2n) is 5.62. The number of hydrogen-bond donors (Lipinski definition) is 1. The number of carboxylic acid groups (broad SMARTS) is 1. The number of likely N-dealkylation sites (N-methyl/N-ethyl adjacent to an activating group) is 1. The third-order valence-corrected chi connectivity index (χ3v) is 4.79. The summed E-state index contributed by atoms with van der Waals surface area (Å²) in [7, 11) is 2.19. The first kappa shape index (κ1) is 13.6. The van der Waals surface area contributed by atoms with Crippen molar-refractivity contribution in [1.29, 1.82) is 0 Å². The molecule has 0 saturated carbocycles. The highest BCUT2D eigenvalue weighted by molar-refractivity contribution is 6.33. The molecule has 3 rings (SSSR count). The Kier molecular flexibility index (Phi) is 3.56. The van der Waals surface area contributed by atoms with E-state index in [1.54, 1.807) is 0 Å². The van der Waals surface area contributed by atoms with Gasteiger partial charge in [-0.05, 0) is 32.4 Å². The first-order valence-electron chi connectivity index (χ1n) is 6.92. The fraction of sp³-hybridized carbons (Fsp3) is 0.571. The minimum atomic E-state index is -0.999. The molecule has 1 aromatic heterocycles. The molecule has 108 valence electrons. The lowest BCUT2D eigenvalue weighted by Crippen LogP contribution is -2.37. The van der Waals surface area contributed by atoms with Crippen molar-refractivity contribution in [3.63, 3.8) is 0 Å². The Labute approximate surface area is 123 Å². The van der Waals surface area contributed by atoms with Crippen LogP contribution in [-0.2, 0) is 0 Å². The molecular weight excluding hydrogens is 278 g/mol. The van der Waals surface area contributed by atoms with E-state index >= 15 is 0 Å². The normalized spacial score (nSPS) is 26.6. The van der Waals surface area contributed by atoms with Crippen molar-refractivity contribution in [2.24, 2.45) is 0 Å². The predicted molar refractivity (Wildman–Crippen MR) is 77.6 cm³/mol. The molecule has 20 heavy (non-hydrogen) atoms. The Hall–Kier alpha value is -1.33. The zero-order valence-corrected chi connectivity index (χ0v) is 12.2. The molecule has 0 aliphatic carbocycles. The first-order chi connectivity index (χ1) is 9.56. The number of fused-ring (bicyclic) bond motifs is 2. The molecule has 0 radical (unpaired) electrons. The number of aromatic carboxylic acids is 1. The summed E-state index contributed by atoms with van der Waals surface area (Å²) in [5, 5.41) is 9.38. The van der Waals surface area contributed by atoms with E-state index in [1.165, 1.54) is 25.1 Å². The highest BCUT2D eigenvalue weighted by Crippen LogP contribution is 2.32. The Morgan fingerprint density at radius 2 is 2.15 bits per heavy atom. The lowest BCUT2D eigenvalue weighted by Gasteiger charge is -2.27. The number of nitrogens with zero attached hydrogens (tertiary/aromatic N) is 3. The van der Waals surface area contributed by atoms with Gasteiger partial charge in [-0.2, -0.15) is 0 Å². The maximum atomic E-state index is 10.9. The quantitative estimate of drug-likeness (QED) is 0.905. The number of halogens is 1. The van der Waals surface area contributed by atoms with Crippen molar-refractivity contribution in [2.45, 2.75) is 31.3 Å². The van der Waals surface area contributed by atoms with Crippen LogP contribution in [0.4, 0.5) is 5.82 Å². The number of carboxylic acids is 1. The van der Waals surface area contributed by atoms with E-state index in [4.69, 9.17) is 16.7 Å². The van der Waals surface area contributed by atoms with Gasteiger partial charge in [0.05, 0.1) is 10.6 Å². The van der Waals surface area contributed by atoms with Crippen LogP contribution in [-0.4, -0.2) is 53.2 Å². The summed E-state index contributed by atoms with van der Waals surface area (Å²) >= 11 is 6.22. The zero-order chi connectivity index (χ0) is 14.3. The van der Waals surface area contributed by atoms with Crippen LogP contribution in [0.25, 0.3) is 0 Å². The zero-order valence-electron chi connectivity index (χ0n) is 11.4. The maximum Gasteiger partial charge on any atom is 0.337 e. The van der Waals surface area contributed by atoms with Crippen LogP contribution in [0.15, 0.2) is 12.3 Å². The summed E-state index contributed by atoms with van der Waals surface area (Å²) < 4.78 is 0. The van der Waals surface area contributed by atoms with Gasteiger partial charge in [0, 0.05) is 31.4 Å². The highest BCUT2D eigenvalue weighted by Gasteiger charge is 2.35. The standard InChI is InChI=1S/C14H18ClN3O2/c1-17-10-2-3-11(17)8-18(5-4-10)13-12(15)6-9(7-16-13)14(19)20/h6-7,10-11H,2-5,8H2,1H3,(H,19,20). The molecule has 2 saturated heterocycles. The number of pyridine rings is 1. The van der Waals surface area contributed by atoms with Crippen LogP contribution in [0.3, 0.4) is 0 Å². The molecule has 0 aromatic carbocycles. The summed E-state index contributed by atoms with van der Waals surface area (Å²) in [6, 6.07) is 2.68. The fourth-order valence-electron chi connectivity index (χ4n) is 3.28. The third-order valence-electron chi connectivity index (χ3n) is 4.52. The third kappa shape index (κ3) is 2.36. The molecule has 2 aliphatic heterocycles. The minimum Gasteiger partial charge on any atom is -0.478 e. The van der Waals surface area contributed by atoms with Crippen molar-refractivity contribution in [2.75, 3.05) is 25.0 Å². The van der Waals surface area contributed by atoms with E-state index in [0.717, 1.165) is 19.5 Å². The van der Waals surface area contributed by atoms with Crippen LogP contribution in [0.1, 0.15) is 29.6 Å². The molecule has 2 unspecified atom stereocenters. The van der Waals surface area contributed by atoms with Crippen LogP contribution in [0, 0.1) is 0 Å². The van der Waals surface area contributed by atoms with Gasteiger partial charge >= 0.3 is 5.97 Å². The molecular formula is C14H18ClN3O2. The Morgan fingerprint density at radius 3 is 2.85 bits per heavy atom. The number of anilines is 1. The number of rotatable bonds is 2. The molecule has 5 nitrogen and oxygen atoms in total. The van der Waals surface area contributed by atoms with Gasteiger partial charge in [-0.15, -0.1) is 0 Å². The van der Waals surface area contributed by atoms with Gasteiger partial charge in [0.1, 0.15) is 5.82 Å². The predicted octanol–water partition coefficient (Wildman–Crippen LogP) is 2.11. The number of aromatic nitrogens is 1. The summed E-state index contributed by atoms with van der Waals surface area (Å²) in [4.78, 5) is 19.8. The summed E-state index contributed by atoms with van der Waals surface area (Å²) in [6.45, 7) is 1.83. The van der Waals surface area contributed by atoms with Crippen molar-refractivity contribution in [3.05, 3.63) is 22.8 Å². The lowest BCUT2D eigenvalue weighted by atomic mass is 10.1. The fourth-order valence-corrected chi connectivity index (χ4v) is 3.57. The van der Waals surface area contributed by atoms with Crippen molar-refractivity contribution < 1.29 is 9.90 Å². The smallest absolute Gasteiger partial charge is 0.337 e. The average Bonchev–Trinajstić information content (AvgIpc) is 2.64. The van der Waals surface area contributed by atoms with Crippen molar-refractivity contribution >= 4 is 23.4 Å². The lowest BCUT2D eigenvalue weighted by molar-refractivity contribution is 0.0696. The van der Waals surface area contributed by atoms with Crippen molar-refractivity contribution in [3.8, 4) is 0 Å². The molecule has 2 aliphatic rings. The molecule has 0 spiro atoms. The average molecular weight is 296 g/mol. The molecule has 2 bridgehead atoms. The second kappa shape index (κ2) is 5.22. The number of carbonyl (C=O) groups is 1. The van der Waals surface area contributed by atoms with E-state index < -0.39 is 5.97 Å². The maximum absolute atomic E-state index is 10.9. The molecule has 0 amide bonds. The minimum absolute atomic E-state index is 0.132. The van der Waals surface area contributed by atoms with Gasteiger partial charge in [0.15, 0.2) is 0 Å². The SMILES string of the molecule is CN1C2CCC1CN(c1ncc(C(=O)O)cc1Cl)CC2. The van der Waals surface area contributed by atoms with Crippen LogP contribution >= 0.6 is 11.6 Å². The Morgan fingerprint density at radius 1 is 1.40 bits per heavy atom. The van der Waals surface area contributed by atoms with E-state index in [9.17, 15) is 4.79 Å². The van der Waals surface area contributed by atoms with Crippen molar-refractivity contribution in [1.82, 2.24) is 9.88 Å². The monoisotopic (exact) mass is 295 g/mol. The molecule has 3 heterocycles. The topological polar surface area (TPSA) is 56.7 Å². The molecule has 2 fully saturated rings. The molecule has 1 N–H and O–H groups in total. The molecule has 2 atom stereocenters. The Bertz CT molecular complexity index is 537. The molecule has 6 heteroatoms. The van der Waals surface area contributed by atoms with E-state index in [1.807, 2.05) is 0 Å². The van der Waals surface area contributed by atoms with Gasteiger partial charge in [-0.25, -0.2) is 9.78 Å². The largest absolute Gasteiger partial charge is 0.478 e. The van der Waals surface area contributed by atoms with Gasteiger partial charge in [-0.3, -0.25) is 4.90 Å². The van der Waals surface area contributed by atoms with Gasteiger partial charge in [0.2, 0.25) is 0 Å². The summed E-state index contributed by atoms with van der Waals surface area (Å²) in [6.07, 6.45) is 4.97. The van der Waals surface area contributed by atoms with E-state index in [-0.39, 0.29) is 5.56 Å². The van der Waals surface area contributed by atoms with Gasteiger partial charge < -0.3 is 10.0 Å². The van der Waals surface area contributed by atoms with Crippen LogP contribution in [0.5, 0.6) is 0 Å². The van der Waals surface area contributed by atoms with Gasteiger partial charge in [0.25, 0.3) is 0 Å². The summed E-state index contributed by atoms with van der Waals surface area (Å²) in [5.74, 6) is -0.293. The van der Waals surface area contributed by atoms with E-state index in [2.05, 4.69) is 21.8 Å². The highest BCUT2D eigenvalue weighted by atomic mass is 35.5. The summed E-state index contributed by atoms with van der Waals surface area (Å²) in [5.41, 5.74) is 0.132. The first-order valence-corrected chi connectivity index (χ1v) is 7.30.